The van der Waals surface area contributed by atoms with Gasteiger partial charge in [-0.25, -0.2) is 9.78 Å². The average molecular weight is 694 g/mol. The van der Waals surface area contributed by atoms with Gasteiger partial charge in [-0.3, -0.25) is 22.5 Å². The quantitative estimate of drug-likeness (QED) is 0.174. The van der Waals surface area contributed by atoms with Crippen molar-refractivity contribution in [2.75, 3.05) is 0 Å². The van der Waals surface area contributed by atoms with Gasteiger partial charge < -0.3 is 10.1 Å². The summed E-state index contributed by atoms with van der Waals surface area (Å²) in [6.07, 6.45) is 1.55. The summed E-state index contributed by atoms with van der Waals surface area (Å²) in [5, 5.41) is 8.98. The molecular formula is C28H15F4IrN3O2-2. The minimum absolute atomic E-state index is 0. The summed E-state index contributed by atoms with van der Waals surface area (Å²) in [7, 11) is 0. The summed E-state index contributed by atoms with van der Waals surface area (Å²) in [5.41, 5.74) is 1.52. The van der Waals surface area contributed by atoms with Crippen LogP contribution >= 0.6 is 0 Å². The summed E-state index contributed by atoms with van der Waals surface area (Å²) in [6.45, 7) is 0. The molecule has 0 aliphatic heterocycles. The SMILES string of the molecule is Fc1c[c-]c(-c2ccccn2)c(F)c1.O=C(O)c1cccc(-c2cccc(-c3[c-]cc(F)cc3F)n2)n1.[Ir]. The molecule has 0 atom stereocenters. The second-order valence-corrected chi connectivity index (χ2v) is 7.42. The fourth-order valence-corrected chi connectivity index (χ4v) is 3.21. The van der Waals surface area contributed by atoms with E-state index in [1.54, 1.807) is 54.7 Å². The Kier molecular flexibility index (Phi) is 9.54. The van der Waals surface area contributed by atoms with Crippen LogP contribution in [0.4, 0.5) is 17.6 Å². The summed E-state index contributed by atoms with van der Waals surface area (Å²) in [5.74, 6) is -3.94. The van der Waals surface area contributed by atoms with E-state index in [9.17, 15) is 22.4 Å². The van der Waals surface area contributed by atoms with Gasteiger partial charge in [0.1, 0.15) is 5.69 Å². The smallest absolute Gasteiger partial charge is 0.354 e. The number of hydrogen-bond donors (Lipinski definition) is 1. The van der Waals surface area contributed by atoms with Crippen molar-refractivity contribution in [2.45, 2.75) is 0 Å². The molecule has 1 N–H and O–H groups in total. The summed E-state index contributed by atoms with van der Waals surface area (Å²) in [6, 6.07) is 23.1. The van der Waals surface area contributed by atoms with Crippen molar-refractivity contribution in [1.82, 2.24) is 15.0 Å². The van der Waals surface area contributed by atoms with Crippen molar-refractivity contribution >= 4 is 5.97 Å². The van der Waals surface area contributed by atoms with E-state index in [0.717, 1.165) is 24.3 Å². The van der Waals surface area contributed by atoms with E-state index in [2.05, 4.69) is 27.1 Å². The van der Waals surface area contributed by atoms with Gasteiger partial charge in [-0.15, -0.1) is 24.3 Å². The number of carboxylic acids is 1. The molecule has 5 rings (SSSR count). The molecule has 3 heterocycles. The number of nitrogens with zero attached hydrogens (tertiary/aromatic N) is 3. The molecular weight excluding hydrogens is 679 g/mol. The van der Waals surface area contributed by atoms with Gasteiger partial charge in [-0.2, -0.15) is 0 Å². The first-order valence-corrected chi connectivity index (χ1v) is 10.6. The Bertz CT molecular complexity index is 1570. The van der Waals surface area contributed by atoms with E-state index in [1.807, 2.05) is 0 Å². The predicted octanol–water partition coefficient (Wildman–Crippen LogP) is 6.41. The molecule has 0 unspecified atom stereocenters. The minimum Gasteiger partial charge on any atom is -0.477 e. The molecule has 1 radical (unpaired) electrons. The van der Waals surface area contributed by atoms with Crippen LogP contribution in [0.3, 0.4) is 0 Å². The number of hydrogen-bond acceptors (Lipinski definition) is 4. The maximum atomic E-state index is 13.8. The Morgan fingerprint density at radius 1 is 0.684 bits per heavy atom. The van der Waals surface area contributed by atoms with E-state index in [0.29, 0.717) is 17.1 Å². The zero-order chi connectivity index (χ0) is 26.4. The summed E-state index contributed by atoms with van der Waals surface area (Å²) in [4.78, 5) is 23.2. The van der Waals surface area contributed by atoms with Gasteiger partial charge in [0.15, 0.2) is 0 Å². The Morgan fingerprint density at radius 3 is 1.76 bits per heavy atom. The van der Waals surface area contributed by atoms with Crippen LogP contribution in [0, 0.1) is 35.4 Å². The van der Waals surface area contributed by atoms with Crippen molar-refractivity contribution in [2.24, 2.45) is 0 Å². The monoisotopic (exact) mass is 694 g/mol. The zero-order valence-electron chi connectivity index (χ0n) is 19.1. The number of halogens is 4. The number of carboxylic acid groups (broad SMARTS) is 1. The first-order chi connectivity index (χ1) is 17.8. The number of benzene rings is 2. The molecule has 5 nitrogen and oxygen atoms in total. The number of pyridine rings is 3. The van der Waals surface area contributed by atoms with Gasteiger partial charge in [0.05, 0.1) is 11.4 Å². The average Bonchev–Trinajstić information content (AvgIpc) is 2.90. The van der Waals surface area contributed by atoms with Crippen LogP contribution in [0.5, 0.6) is 0 Å². The fourth-order valence-electron chi connectivity index (χ4n) is 3.21. The number of aromatic nitrogens is 3. The maximum Gasteiger partial charge on any atom is 0.354 e. The second-order valence-electron chi connectivity index (χ2n) is 7.42. The number of rotatable bonds is 4. The summed E-state index contributed by atoms with van der Waals surface area (Å²) < 4.78 is 52.6. The molecule has 10 heteroatoms. The standard InChI is InChI=1S/C17H9F2N2O2.C11H6F2N.Ir/c18-10-7-8-11(12(19)9-10)13-3-1-4-14(20-13)15-5-2-6-16(21-15)17(22)23;12-8-4-5-9(10(13)7-8)11-3-1-2-6-14-11;/h1-7,9H,(H,22,23);1-4,6-7H;/q2*-1;. The Balaban J connectivity index is 0.000000229. The Hall–Kier alpha value is -4.27. The summed E-state index contributed by atoms with van der Waals surface area (Å²) >= 11 is 0. The fraction of sp³-hybridized carbons (Fsp3) is 0. The third kappa shape index (κ3) is 6.94. The van der Waals surface area contributed by atoms with Gasteiger partial charge in [0.25, 0.3) is 0 Å². The maximum absolute atomic E-state index is 13.8. The van der Waals surface area contributed by atoms with Gasteiger partial charge in [-0.05, 0) is 35.7 Å². The third-order valence-corrected chi connectivity index (χ3v) is 4.87. The predicted molar refractivity (Wildman–Crippen MR) is 127 cm³/mol. The van der Waals surface area contributed by atoms with Crippen LogP contribution in [0.15, 0.2) is 85.1 Å². The first kappa shape index (κ1) is 28.3. The van der Waals surface area contributed by atoms with Gasteiger partial charge in [-0.1, -0.05) is 53.6 Å². The van der Waals surface area contributed by atoms with Gasteiger partial charge in [0.2, 0.25) is 0 Å². The molecule has 5 aromatic rings. The number of carbonyl (C=O) groups is 1. The van der Waals surface area contributed by atoms with Crippen molar-refractivity contribution in [3.63, 3.8) is 0 Å². The molecule has 0 amide bonds. The molecule has 2 aromatic carbocycles. The molecule has 0 bridgehead atoms. The van der Waals surface area contributed by atoms with Crippen LogP contribution in [-0.4, -0.2) is 26.0 Å². The van der Waals surface area contributed by atoms with E-state index in [-0.39, 0.29) is 42.6 Å². The van der Waals surface area contributed by atoms with Crippen molar-refractivity contribution in [3.05, 3.63) is 126 Å². The Labute approximate surface area is 228 Å². The van der Waals surface area contributed by atoms with Crippen LogP contribution in [0.1, 0.15) is 10.5 Å². The van der Waals surface area contributed by atoms with Crippen molar-refractivity contribution < 1.29 is 47.6 Å². The van der Waals surface area contributed by atoms with Crippen molar-refractivity contribution in [1.29, 1.82) is 0 Å². The minimum atomic E-state index is -1.15. The first-order valence-electron chi connectivity index (χ1n) is 10.6. The van der Waals surface area contributed by atoms with Gasteiger partial charge in [0, 0.05) is 49.6 Å². The van der Waals surface area contributed by atoms with Crippen molar-refractivity contribution in [3.8, 4) is 33.9 Å². The Morgan fingerprint density at radius 2 is 1.21 bits per heavy atom. The molecule has 193 valence electrons. The van der Waals surface area contributed by atoms with E-state index in [1.165, 1.54) is 6.07 Å². The molecule has 0 aliphatic carbocycles. The molecule has 0 fully saturated rings. The normalized spacial score (nSPS) is 10.1. The molecule has 0 saturated carbocycles. The van der Waals surface area contributed by atoms with Crippen LogP contribution < -0.4 is 0 Å². The molecule has 38 heavy (non-hydrogen) atoms. The van der Waals surface area contributed by atoms with Crippen LogP contribution in [-0.2, 0) is 20.1 Å². The largest absolute Gasteiger partial charge is 0.477 e. The molecule has 3 aromatic heterocycles. The van der Waals surface area contributed by atoms with E-state index < -0.39 is 29.2 Å². The van der Waals surface area contributed by atoms with Crippen LogP contribution in [0.2, 0.25) is 0 Å². The molecule has 0 spiro atoms. The van der Waals surface area contributed by atoms with Gasteiger partial charge >= 0.3 is 5.97 Å². The third-order valence-electron chi connectivity index (χ3n) is 4.87. The second kappa shape index (κ2) is 12.8. The molecule has 0 saturated heterocycles. The molecule has 0 aliphatic rings. The van der Waals surface area contributed by atoms with Crippen LogP contribution in [0.25, 0.3) is 33.9 Å². The van der Waals surface area contributed by atoms with E-state index in [4.69, 9.17) is 5.11 Å². The van der Waals surface area contributed by atoms with E-state index >= 15 is 0 Å². The topological polar surface area (TPSA) is 76.0 Å². The zero-order valence-corrected chi connectivity index (χ0v) is 21.5. The number of aromatic carboxylic acids is 1.